The fraction of sp³-hybridized carbons (Fsp3) is 0.273. The molecule has 0 aliphatic carbocycles. The van der Waals surface area contributed by atoms with E-state index < -0.39 is 0 Å². The quantitative estimate of drug-likeness (QED) is 0.642. The number of fused-ring (bicyclic) bond motifs is 2. The van der Waals surface area contributed by atoms with E-state index in [0.29, 0.717) is 35.8 Å². The van der Waals surface area contributed by atoms with Crippen molar-refractivity contribution in [2.24, 2.45) is 0 Å². The van der Waals surface area contributed by atoms with Crippen LogP contribution in [0.1, 0.15) is 45.3 Å². The molecule has 2 aliphatic heterocycles. The van der Waals surface area contributed by atoms with E-state index in [4.69, 9.17) is 0 Å². The van der Waals surface area contributed by atoms with Gasteiger partial charge in [-0.15, -0.1) is 0 Å². The lowest BCUT2D eigenvalue weighted by Gasteiger charge is -2.31. The Balaban J connectivity index is 1.23. The van der Waals surface area contributed by atoms with Gasteiger partial charge >= 0.3 is 6.03 Å². The Morgan fingerprint density at radius 3 is 2.57 bits per heavy atom. The maximum absolute atomic E-state index is 12.7. The SMILES string of the molecule is CN1C(=O)c2ccc(NC(=O)N3CCC(c4nc5ccccc5[nH]4)CC3)cc2C1=O. The van der Waals surface area contributed by atoms with Crippen LogP contribution in [0.15, 0.2) is 42.5 Å². The van der Waals surface area contributed by atoms with E-state index in [1.54, 1.807) is 23.1 Å². The van der Waals surface area contributed by atoms with Gasteiger partial charge in [0.15, 0.2) is 0 Å². The molecule has 1 aromatic heterocycles. The first-order valence-corrected chi connectivity index (χ1v) is 9.98. The first-order chi connectivity index (χ1) is 14.5. The topological polar surface area (TPSA) is 98.4 Å². The van der Waals surface area contributed by atoms with Gasteiger partial charge in [0.2, 0.25) is 0 Å². The highest BCUT2D eigenvalue weighted by Crippen LogP contribution is 2.29. The third-order valence-corrected chi connectivity index (χ3v) is 5.92. The summed E-state index contributed by atoms with van der Waals surface area (Å²) in [4.78, 5) is 47.8. The minimum absolute atomic E-state index is 0.205. The molecule has 8 heteroatoms. The van der Waals surface area contributed by atoms with Gasteiger partial charge in [0, 0.05) is 31.7 Å². The smallest absolute Gasteiger partial charge is 0.321 e. The Hall–Kier alpha value is -3.68. The van der Waals surface area contributed by atoms with Gasteiger partial charge in [-0.2, -0.15) is 0 Å². The second-order valence-corrected chi connectivity index (χ2v) is 7.76. The molecule has 3 heterocycles. The number of urea groups is 1. The third-order valence-electron chi connectivity index (χ3n) is 5.92. The van der Waals surface area contributed by atoms with Crippen LogP contribution in [0.3, 0.4) is 0 Å². The molecule has 1 fully saturated rings. The minimum atomic E-state index is -0.349. The molecule has 2 aromatic carbocycles. The summed E-state index contributed by atoms with van der Waals surface area (Å²) in [6.45, 7) is 1.25. The summed E-state index contributed by atoms with van der Waals surface area (Å²) < 4.78 is 0. The van der Waals surface area contributed by atoms with Crippen molar-refractivity contribution >= 4 is 34.6 Å². The Morgan fingerprint density at radius 1 is 1.07 bits per heavy atom. The number of likely N-dealkylation sites (tertiary alicyclic amines) is 1. The summed E-state index contributed by atoms with van der Waals surface area (Å²) in [6, 6.07) is 12.6. The number of carbonyl (C=O) groups excluding carboxylic acids is 3. The molecule has 30 heavy (non-hydrogen) atoms. The summed E-state index contributed by atoms with van der Waals surface area (Å²) in [5.74, 6) is 0.598. The predicted octanol–water partition coefficient (Wildman–Crippen LogP) is 3.20. The van der Waals surface area contributed by atoms with Crippen LogP contribution in [0.25, 0.3) is 11.0 Å². The first-order valence-electron chi connectivity index (χ1n) is 9.98. The highest BCUT2D eigenvalue weighted by Gasteiger charge is 2.33. The van der Waals surface area contributed by atoms with Crippen molar-refractivity contribution in [2.45, 2.75) is 18.8 Å². The summed E-state index contributed by atoms with van der Waals surface area (Å²) in [5, 5.41) is 2.85. The molecule has 152 valence electrons. The average Bonchev–Trinajstić information content (AvgIpc) is 3.29. The number of nitrogens with zero attached hydrogens (tertiary/aromatic N) is 3. The van der Waals surface area contributed by atoms with Crippen molar-refractivity contribution in [3.05, 3.63) is 59.4 Å². The number of benzene rings is 2. The van der Waals surface area contributed by atoms with Gasteiger partial charge in [-0.05, 0) is 43.2 Å². The van der Waals surface area contributed by atoms with Gasteiger partial charge in [0.25, 0.3) is 11.8 Å². The molecule has 8 nitrogen and oxygen atoms in total. The second kappa shape index (κ2) is 6.98. The summed E-state index contributed by atoms with van der Waals surface area (Å²) >= 11 is 0. The Labute approximate surface area is 172 Å². The predicted molar refractivity (Wildman–Crippen MR) is 112 cm³/mol. The molecule has 4 amide bonds. The summed E-state index contributed by atoms with van der Waals surface area (Å²) in [7, 11) is 1.45. The lowest BCUT2D eigenvalue weighted by molar-refractivity contribution is 0.0693. The highest BCUT2D eigenvalue weighted by atomic mass is 16.2. The lowest BCUT2D eigenvalue weighted by Crippen LogP contribution is -2.40. The standard InChI is InChI=1S/C22H21N5O3/c1-26-20(28)15-7-6-14(12-16(15)21(26)29)23-22(30)27-10-8-13(9-11-27)19-24-17-4-2-3-5-18(17)25-19/h2-7,12-13H,8-11H2,1H3,(H,23,30)(H,24,25). The number of amides is 4. The van der Waals surface area contributed by atoms with Gasteiger partial charge < -0.3 is 15.2 Å². The molecular formula is C22H21N5O3. The molecule has 0 radical (unpaired) electrons. The van der Waals surface area contributed by atoms with Crippen molar-refractivity contribution in [1.29, 1.82) is 0 Å². The molecule has 2 N–H and O–H groups in total. The van der Waals surface area contributed by atoms with Crippen LogP contribution in [0, 0.1) is 0 Å². The summed E-state index contributed by atoms with van der Waals surface area (Å²) in [5.41, 5.74) is 3.19. The number of rotatable bonds is 2. The zero-order valence-corrected chi connectivity index (χ0v) is 16.5. The van der Waals surface area contributed by atoms with Crippen molar-refractivity contribution in [3.63, 3.8) is 0 Å². The number of aromatic amines is 1. The second-order valence-electron chi connectivity index (χ2n) is 7.76. The van der Waals surface area contributed by atoms with E-state index in [1.165, 1.54) is 7.05 Å². The lowest BCUT2D eigenvalue weighted by atomic mass is 9.96. The number of hydrogen-bond acceptors (Lipinski definition) is 4. The van der Waals surface area contributed by atoms with Crippen molar-refractivity contribution < 1.29 is 14.4 Å². The number of piperidine rings is 1. The molecule has 0 saturated carbocycles. The van der Waals surface area contributed by atoms with E-state index in [9.17, 15) is 14.4 Å². The maximum Gasteiger partial charge on any atom is 0.321 e. The zero-order chi connectivity index (χ0) is 20.8. The third kappa shape index (κ3) is 3.01. The fourth-order valence-electron chi connectivity index (χ4n) is 4.16. The molecule has 5 rings (SSSR count). The molecule has 3 aromatic rings. The van der Waals surface area contributed by atoms with E-state index in [-0.39, 0.29) is 17.8 Å². The number of imidazole rings is 1. The van der Waals surface area contributed by atoms with Crippen molar-refractivity contribution in [2.75, 3.05) is 25.5 Å². The zero-order valence-electron chi connectivity index (χ0n) is 16.5. The molecule has 0 spiro atoms. The van der Waals surface area contributed by atoms with E-state index >= 15 is 0 Å². The first kappa shape index (κ1) is 18.4. The Kier molecular flexibility index (Phi) is 4.27. The van der Waals surface area contributed by atoms with Crippen LogP contribution in [0.2, 0.25) is 0 Å². The van der Waals surface area contributed by atoms with Crippen LogP contribution < -0.4 is 5.32 Å². The van der Waals surface area contributed by atoms with Crippen LogP contribution >= 0.6 is 0 Å². The Bertz CT molecular complexity index is 1140. The normalized spacial score (nSPS) is 17.0. The monoisotopic (exact) mass is 403 g/mol. The maximum atomic E-state index is 12.7. The van der Waals surface area contributed by atoms with Gasteiger partial charge in [0.1, 0.15) is 5.82 Å². The van der Waals surface area contributed by atoms with Crippen molar-refractivity contribution in [1.82, 2.24) is 19.8 Å². The number of hydrogen-bond donors (Lipinski definition) is 2. The van der Waals surface area contributed by atoms with Crippen LogP contribution in [0.4, 0.5) is 10.5 Å². The number of para-hydroxylation sites is 2. The average molecular weight is 403 g/mol. The summed E-state index contributed by atoms with van der Waals surface area (Å²) in [6.07, 6.45) is 1.66. The van der Waals surface area contributed by atoms with Gasteiger partial charge in [-0.1, -0.05) is 12.1 Å². The van der Waals surface area contributed by atoms with E-state index in [1.807, 2.05) is 24.3 Å². The highest BCUT2D eigenvalue weighted by molar-refractivity contribution is 6.21. The molecule has 0 bridgehead atoms. The largest absolute Gasteiger partial charge is 0.342 e. The minimum Gasteiger partial charge on any atom is -0.342 e. The van der Waals surface area contributed by atoms with Gasteiger partial charge in [0.05, 0.1) is 22.2 Å². The van der Waals surface area contributed by atoms with Crippen molar-refractivity contribution in [3.8, 4) is 0 Å². The fourth-order valence-corrected chi connectivity index (χ4v) is 4.16. The number of nitrogens with one attached hydrogen (secondary N) is 2. The molecular weight excluding hydrogens is 382 g/mol. The number of imide groups is 1. The van der Waals surface area contributed by atoms with Gasteiger partial charge in [-0.25, -0.2) is 9.78 Å². The van der Waals surface area contributed by atoms with Crippen LogP contribution in [-0.2, 0) is 0 Å². The number of aromatic nitrogens is 2. The molecule has 0 unspecified atom stereocenters. The number of carbonyl (C=O) groups is 3. The van der Waals surface area contributed by atoms with Crippen LogP contribution in [0.5, 0.6) is 0 Å². The van der Waals surface area contributed by atoms with Gasteiger partial charge in [-0.3, -0.25) is 14.5 Å². The Morgan fingerprint density at radius 2 is 1.80 bits per heavy atom. The molecule has 0 atom stereocenters. The molecule has 2 aliphatic rings. The van der Waals surface area contributed by atoms with E-state index in [0.717, 1.165) is 34.6 Å². The van der Waals surface area contributed by atoms with Crippen LogP contribution in [-0.4, -0.2) is 57.8 Å². The van der Waals surface area contributed by atoms with E-state index in [2.05, 4.69) is 15.3 Å². The number of anilines is 1. The number of H-pyrrole nitrogens is 1. The molecule has 1 saturated heterocycles.